The lowest BCUT2D eigenvalue weighted by Crippen LogP contribution is -2.28. The number of aryl methyl sites for hydroxylation is 1. The number of fused-ring (bicyclic) bond motifs is 1. The Bertz CT molecular complexity index is 624. The van der Waals surface area contributed by atoms with Crippen LogP contribution in [0, 0.1) is 6.92 Å². The number of benzene rings is 2. The molecule has 0 radical (unpaired) electrons. The zero-order valence-electron chi connectivity index (χ0n) is 11.5. The highest BCUT2D eigenvalue weighted by Gasteiger charge is 2.30. The van der Waals surface area contributed by atoms with Gasteiger partial charge in [0.15, 0.2) is 0 Å². The molecule has 0 heterocycles. The van der Waals surface area contributed by atoms with Crippen LogP contribution in [-0.4, -0.2) is 16.3 Å². The third-order valence-electron chi connectivity index (χ3n) is 3.95. The lowest BCUT2D eigenvalue weighted by atomic mass is 10.1. The highest BCUT2D eigenvalue weighted by molar-refractivity contribution is 5.38. The van der Waals surface area contributed by atoms with Crippen LogP contribution in [0.4, 0.5) is 0 Å². The van der Waals surface area contributed by atoms with E-state index in [0.29, 0.717) is 18.7 Å². The number of nitrogens with one attached hydrogen (secondary N) is 1. The minimum absolute atomic E-state index is 0.0638. The third-order valence-corrected chi connectivity index (χ3v) is 3.95. The molecule has 0 aliphatic heterocycles. The van der Waals surface area contributed by atoms with Crippen LogP contribution in [0.5, 0.6) is 5.75 Å². The molecule has 0 fully saturated rings. The van der Waals surface area contributed by atoms with E-state index in [0.717, 1.165) is 16.7 Å². The van der Waals surface area contributed by atoms with Crippen molar-refractivity contribution in [2.45, 2.75) is 32.0 Å². The maximum absolute atomic E-state index is 10.2. The molecule has 1 aliphatic carbocycles. The molecule has 0 saturated heterocycles. The second-order valence-corrected chi connectivity index (χ2v) is 5.46. The smallest absolute Gasteiger partial charge is 0.120 e. The predicted octanol–water partition coefficient (Wildman–Crippen LogP) is 2.45. The molecule has 104 valence electrons. The van der Waals surface area contributed by atoms with E-state index in [9.17, 15) is 10.2 Å². The van der Waals surface area contributed by atoms with Crippen LogP contribution in [0.3, 0.4) is 0 Å². The average molecular weight is 269 g/mol. The van der Waals surface area contributed by atoms with Gasteiger partial charge in [-0.1, -0.05) is 42.0 Å². The van der Waals surface area contributed by atoms with E-state index in [1.54, 1.807) is 6.07 Å². The Labute approximate surface area is 118 Å². The first kappa shape index (κ1) is 13.2. The number of rotatable bonds is 3. The fourth-order valence-corrected chi connectivity index (χ4v) is 2.90. The summed E-state index contributed by atoms with van der Waals surface area (Å²) in [7, 11) is 0. The first-order valence-electron chi connectivity index (χ1n) is 6.93. The second-order valence-electron chi connectivity index (χ2n) is 5.46. The molecule has 3 rings (SSSR count). The minimum atomic E-state index is -0.403. The molecule has 0 saturated carbocycles. The van der Waals surface area contributed by atoms with Crippen LogP contribution in [0.15, 0.2) is 42.5 Å². The van der Waals surface area contributed by atoms with Gasteiger partial charge in [0.2, 0.25) is 0 Å². The summed E-state index contributed by atoms with van der Waals surface area (Å²) >= 11 is 0. The average Bonchev–Trinajstić information content (AvgIpc) is 2.75. The molecule has 3 heteroatoms. The van der Waals surface area contributed by atoms with Crippen LogP contribution in [0.25, 0.3) is 0 Å². The van der Waals surface area contributed by atoms with E-state index in [4.69, 9.17) is 0 Å². The normalized spacial score (nSPS) is 20.9. The minimum Gasteiger partial charge on any atom is -0.508 e. The topological polar surface area (TPSA) is 52.5 Å². The number of hydrogen-bond donors (Lipinski definition) is 3. The molecular weight excluding hydrogens is 250 g/mol. The summed E-state index contributed by atoms with van der Waals surface area (Å²) in [5.74, 6) is 0.295. The summed E-state index contributed by atoms with van der Waals surface area (Å²) in [5, 5.41) is 23.4. The molecular formula is C17H19NO2. The quantitative estimate of drug-likeness (QED) is 0.802. The maximum Gasteiger partial charge on any atom is 0.120 e. The fraction of sp³-hybridized carbons (Fsp3) is 0.294. The number of phenolic OH excluding ortho intramolecular Hbond substituents is 1. The van der Waals surface area contributed by atoms with Gasteiger partial charge in [0.05, 0.1) is 12.1 Å². The van der Waals surface area contributed by atoms with Gasteiger partial charge >= 0.3 is 0 Å². The predicted molar refractivity (Wildman–Crippen MR) is 78.6 cm³/mol. The second kappa shape index (κ2) is 5.27. The molecule has 0 spiro atoms. The highest BCUT2D eigenvalue weighted by Crippen LogP contribution is 2.31. The van der Waals surface area contributed by atoms with Gasteiger partial charge in [0.1, 0.15) is 5.75 Å². The first-order valence-corrected chi connectivity index (χ1v) is 6.93. The first-order chi connectivity index (χ1) is 9.65. The van der Waals surface area contributed by atoms with Crippen molar-refractivity contribution < 1.29 is 10.2 Å². The van der Waals surface area contributed by atoms with E-state index in [-0.39, 0.29) is 6.04 Å². The molecule has 3 N–H and O–H groups in total. The number of aliphatic hydroxyl groups excluding tert-OH is 1. The summed E-state index contributed by atoms with van der Waals surface area (Å²) in [4.78, 5) is 0. The van der Waals surface area contributed by atoms with Gasteiger partial charge in [-0.15, -0.1) is 0 Å². The highest BCUT2D eigenvalue weighted by atomic mass is 16.3. The monoisotopic (exact) mass is 269 g/mol. The Morgan fingerprint density at radius 3 is 2.85 bits per heavy atom. The maximum atomic E-state index is 10.2. The van der Waals surface area contributed by atoms with Gasteiger partial charge in [0, 0.05) is 18.5 Å². The molecule has 3 nitrogen and oxygen atoms in total. The Morgan fingerprint density at radius 2 is 2.00 bits per heavy atom. The van der Waals surface area contributed by atoms with E-state index in [1.165, 1.54) is 5.56 Å². The van der Waals surface area contributed by atoms with Crippen molar-refractivity contribution in [3.63, 3.8) is 0 Å². The van der Waals surface area contributed by atoms with Crippen molar-refractivity contribution in [3.05, 3.63) is 64.7 Å². The van der Waals surface area contributed by atoms with Crippen LogP contribution in [0.2, 0.25) is 0 Å². The lowest BCUT2D eigenvalue weighted by Gasteiger charge is -2.18. The van der Waals surface area contributed by atoms with Crippen molar-refractivity contribution in [2.24, 2.45) is 0 Å². The van der Waals surface area contributed by atoms with Crippen molar-refractivity contribution in [3.8, 4) is 5.75 Å². The zero-order chi connectivity index (χ0) is 14.1. The summed E-state index contributed by atoms with van der Waals surface area (Å²) in [6, 6.07) is 13.6. The zero-order valence-corrected chi connectivity index (χ0v) is 11.5. The van der Waals surface area contributed by atoms with E-state index < -0.39 is 6.10 Å². The van der Waals surface area contributed by atoms with Crippen molar-refractivity contribution in [2.75, 3.05) is 0 Å². The van der Waals surface area contributed by atoms with Gasteiger partial charge < -0.3 is 15.5 Å². The summed E-state index contributed by atoms with van der Waals surface area (Å²) in [5.41, 5.74) is 4.34. The lowest BCUT2D eigenvalue weighted by molar-refractivity contribution is 0.140. The number of aliphatic hydroxyl groups is 1. The van der Waals surface area contributed by atoms with Crippen molar-refractivity contribution in [1.82, 2.24) is 5.32 Å². The number of phenols is 1. The van der Waals surface area contributed by atoms with Crippen molar-refractivity contribution >= 4 is 0 Å². The van der Waals surface area contributed by atoms with Crippen LogP contribution in [-0.2, 0) is 13.0 Å². The largest absolute Gasteiger partial charge is 0.508 e. The molecule has 2 atom stereocenters. The third kappa shape index (κ3) is 2.42. The van der Waals surface area contributed by atoms with Gasteiger partial charge in [-0.3, -0.25) is 0 Å². The van der Waals surface area contributed by atoms with E-state index in [1.807, 2.05) is 31.2 Å². The molecule has 0 unspecified atom stereocenters. The number of hydrogen-bond acceptors (Lipinski definition) is 3. The molecule has 1 aliphatic rings. The molecule has 2 aromatic carbocycles. The Hall–Kier alpha value is -1.84. The molecule has 0 aromatic heterocycles. The van der Waals surface area contributed by atoms with E-state index >= 15 is 0 Å². The van der Waals surface area contributed by atoms with Crippen LogP contribution >= 0.6 is 0 Å². The molecule has 0 amide bonds. The van der Waals surface area contributed by atoms with Gasteiger partial charge in [-0.25, -0.2) is 0 Å². The summed E-state index contributed by atoms with van der Waals surface area (Å²) < 4.78 is 0. The standard InChI is InChI=1S/C17H19NO2/c1-11-6-7-15(19)13(8-11)10-18-17-14-5-3-2-4-12(14)9-16(17)20/h2-8,16-20H,9-10H2,1H3/t16-,17+/m0/s1. The summed E-state index contributed by atoms with van der Waals surface area (Å²) in [6.45, 7) is 2.55. The van der Waals surface area contributed by atoms with Crippen LogP contribution in [0.1, 0.15) is 28.3 Å². The molecule has 20 heavy (non-hydrogen) atoms. The van der Waals surface area contributed by atoms with Crippen molar-refractivity contribution in [1.29, 1.82) is 0 Å². The Balaban J connectivity index is 1.77. The number of aromatic hydroxyl groups is 1. The van der Waals surface area contributed by atoms with Gasteiger partial charge in [-0.2, -0.15) is 0 Å². The Morgan fingerprint density at radius 1 is 1.20 bits per heavy atom. The fourth-order valence-electron chi connectivity index (χ4n) is 2.90. The van der Waals surface area contributed by atoms with Gasteiger partial charge in [0.25, 0.3) is 0 Å². The molecule has 2 aromatic rings. The van der Waals surface area contributed by atoms with Crippen LogP contribution < -0.4 is 5.32 Å². The SMILES string of the molecule is Cc1ccc(O)c(CN[C@@H]2c3ccccc3C[C@@H]2O)c1. The Kier molecular flexibility index (Phi) is 3.47. The summed E-state index contributed by atoms with van der Waals surface area (Å²) in [6.07, 6.45) is 0.285. The molecule has 0 bridgehead atoms. The van der Waals surface area contributed by atoms with E-state index in [2.05, 4.69) is 17.4 Å². The van der Waals surface area contributed by atoms with Gasteiger partial charge in [-0.05, 0) is 24.1 Å².